The Kier molecular flexibility index (Phi) is 3.19. The lowest BCUT2D eigenvalue weighted by molar-refractivity contribution is -0.128. The zero-order valence-corrected chi connectivity index (χ0v) is 4.85. The molecule has 0 saturated carbocycles. The highest BCUT2D eigenvalue weighted by molar-refractivity contribution is 5.80. The largest absolute Gasteiger partial charge is 0.383 e. The van der Waals surface area contributed by atoms with E-state index in [2.05, 4.69) is 12.2 Å². The number of hydrogen-bond donors (Lipinski definition) is 2. The molecule has 0 aromatic carbocycles. The molecule has 0 rings (SSSR count). The molecule has 0 saturated heterocycles. The number of carbonyl (C=O) groups is 1. The molecule has 47 valence electrons. The molecule has 0 aromatic heterocycles. The van der Waals surface area contributed by atoms with Gasteiger partial charge in [0.1, 0.15) is 6.10 Å². The fraction of sp³-hybridized carbons (Fsp3) is 0.600. The van der Waals surface area contributed by atoms with Gasteiger partial charge in [0.15, 0.2) is 0 Å². The molecule has 1 atom stereocenters. The van der Waals surface area contributed by atoms with Gasteiger partial charge in [0, 0.05) is 7.05 Å². The molecule has 8 heavy (non-hydrogen) atoms. The van der Waals surface area contributed by atoms with Crippen LogP contribution in [-0.4, -0.2) is 24.2 Å². The molecule has 0 bridgehead atoms. The van der Waals surface area contributed by atoms with Crippen LogP contribution in [0.15, 0.2) is 0 Å². The third kappa shape index (κ3) is 1.93. The highest BCUT2D eigenvalue weighted by Crippen LogP contribution is 1.86. The Morgan fingerprint density at radius 1 is 2.00 bits per heavy atom. The van der Waals surface area contributed by atoms with E-state index in [0.29, 0.717) is 0 Å². The van der Waals surface area contributed by atoms with Crippen LogP contribution >= 0.6 is 0 Å². The summed E-state index contributed by atoms with van der Waals surface area (Å²) in [4.78, 5) is 10.3. The number of rotatable bonds is 2. The summed E-state index contributed by atoms with van der Waals surface area (Å²) in [5.74, 6) is -0.375. The summed E-state index contributed by atoms with van der Waals surface area (Å²) in [5, 5.41) is 10.9. The number of hydrogen-bond acceptors (Lipinski definition) is 2. The van der Waals surface area contributed by atoms with Gasteiger partial charge in [-0.15, -0.1) is 0 Å². The third-order valence-electron chi connectivity index (χ3n) is 0.822. The lowest BCUT2D eigenvalue weighted by Gasteiger charge is -2.02. The summed E-state index contributed by atoms with van der Waals surface area (Å²) in [7, 11) is 1.47. The van der Waals surface area contributed by atoms with E-state index in [-0.39, 0.29) is 12.3 Å². The number of carbonyl (C=O) groups excluding carboxylic acids is 1. The van der Waals surface area contributed by atoms with Gasteiger partial charge in [-0.3, -0.25) is 4.79 Å². The van der Waals surface area contributed by atoms with Crippen molar-refractivity contribution < 1.29 is 9.90 Å². The molecule has 0 heterocycles. The van der Waals surface area contributed by atoms with Crippen molar-refractivity contribution in [1.29, 1.82) is 0 Å². The van der Waals surface area contributed by atoms with Crippen LogP contribution in [0.5, 0.6) is 0 Å². The predicted octanol–water partition coefficient (Wildman–Crippen LogP) is -0.683. The molecule has 0 aliphatic carbocycles. The molecule has 0 spiro atoms. The smallest absolute Gasteiger partial charge is 0.248 e. The molecule has 0 fully saturated rings. The molecule has 0 aliphatic rings. The Balaban J connectivity index is 3.46. The number of amides is 1. The Morgan fingerprint density at radius 3 is 2.62 bits per heavy atom. The Labute approximate surface area is 48.7 Å². The second-order valence-corrected chi connectivity index (χ2v) is 1.42. The highest BCUT2D eigenvalue weighted by Gasteiger charge is 2.07. The van der Waals surface area contributed by atoms with E-state index in [1.807, 2.05) is 0 Å². The minimum absolute atomic E-state index is 0.222. The Hall–Kier alpha value is -0.570. The minimum atomic E-state index is -0.944. The van der Waals surface area contributed by atoms with E-state index in [0.717, 1.165) is 0 Å². The Morgan fingerprint density at radius 2 is 2.50 bits per heavy atom. The van der Waals surface area contributed by atoms with Crippen LogP contribution in [0.4, 0.5) is 0 Å². The van der Waals surface area contributed by atoms with E-state index >= 15 is 0 Å². The fourth-order valence-electron chi connectivity index (χ4n) is 0.298. The number of aliphatic hydroxyl groups is 1. The van der Waals surface area contributed by atoms with Crippen molar-refractivity contribution in [3.05, 3.63) is 6.92 Å². The van der Waals surface area contributed by atoms with Crippen molar-refractivity contribution in [3.63, 3.8) is 0 Å². The first-order valence-electron chi connectivity index (χ1n) is 2.41. The minimum Gasteiger partial charge on any atom is -0.383 e. The van der Waals surface area contributed by atoms with Crippen LogP contribution in [0.1, 0.15) is 6.42 Å². The maximum atomic E-state index is 10.3. The first kappa shape index (κ1) is 7.43. The van der Waals surface area contributed by atoms with Gasteiger partial charge in [0.2, 0.25) is 5.91 Å². The molecule has 0 aliphatic heterocycles. The van der Waals surface area contributed by atoms with Crippen molar-refractivity contribution in [2.24, 2.45) is 0 Å². The van der Waals surface area contributed by atoms with Gasteiger partial charge >= 0.3 is 0 Å². The van der Waals surface area contributed by atoms with Gasteiger partial charge in [0.05, 0.1) is 0 Å². The van der Waals surface area contributed by atoms with Gasteiger partial charge in [-0.05, 0) is 6.42 Å². The van der Waals surface area contributed by atoms with E-state index in [1.165, 1.54) is 7.05 Å². The molecule has 1 amide bonds. The van der Waals surface area contributed by atoms with E-state index in [4.69, 9.17) is 5.11 Å². The molecular formula is C5H10NO2. The second-order valence-electron chi connectivity index (χ2n) is 1.42. The maximum Gasteiger partial charge on any atom is 0.248 e. The summed E-state index contributed by atoms with van der Waals surface area (Å²) < 4.78 is 0. The maximum absolute atomic E-state index is 10.3. The molecule has 0 aromatic rings. The summed E-state index contributed by atoms with van der Waals surface area (Å²) in [6.45, 7) is 3.34. The van der Waals surface area contributed by atoms with Gasteiger partial charge in [0.25, 0.3) is 0 Å². The first-order chi connectivity index (χ1) is 3.72. The summed E-state index contributed by atoms with van der Waals surface area (Å²) in [6, 6.07) is 0. The average molecular weight is 116 g/mol. The topological polar surface area (TPSA) is 49.3 Å². The SMILES string of the molecule is [CH2]CC(O)C(=O)NC. The van der Waals surface area contributed by atoms with Crippen molar-refractivity contribution in [2.75, 3.05) is 7.05 Å². The number of aliphatic hydroxyl groups excluding tert-OH is 1. The standard InChI is InChI=1S/C5H10NO2/c1-3-4(7)5(8)6-2/h4,7H,1,3H2,2H3,(H,6,8). The van der Waals surface area contributed by atoms with Crippen molar-refractivity contribution in [1.82, 2.24) is 5.32 Å². The molecule has 2 N–H and O–H groups in total. The Bertz CT molecular complexity index is 82.5. The molecule has 3 heteroatoms. The zero-order valence-electron chi connectivity index (χ0n) is 4.85. The fourth-order valence-corrected chi connectivity index (χ4v) is 0.298. The summed E-state index contributed by atoms with van der Waals surface area (Å²) in [5.41, 5.74) is 0. The zero-order chi connectivity index (χ0) is 6.57. The van der Waals surface area contributed by atoms with Crippen molar-refractivity contribution in [3.8, 4) is 0 Å². The summed E-state index contributed by atoms with van der Waals surface area (Å²) >= 11 is 0. The lowest BCUT2D eigenvalue weighted by Crippen LogP contribution is -2.30. The van der Waals surface area contributed by atoms with Gasteiger partial charge in [-0.2, -0.15) is 0 Å². The third-order valence-corrected chi connectivity index (χ3v) is 0.822. The summed E-state index contributed by atoms with van der Waals surface area (Å²) in [6.07, 6.45) is -0.723. The quantitative estimate of drug-likeness (QED) is 0.502. The number of likely N-dealkylation sites (N-methyl/N-ethyl adjacent to an activating group) is 1. The van der Waals surface area contributed by atoms with Crippen molar-refractivity contribution in [2.45, 2.75) is 12.5 Å². The van der Waals surface area contributed by atoms with Crippen molar-refractivity contribution >= 4 is 5.91 Å². The normalized spacial score (nSPS) is 12.9. The van der Waals surface area contributed by atoms with Crippen LogP contribution in [0.25, 0.3) is 0 Å². The molecule has 3 nitrogen and oxygen atoms in total. The highest BCUT2D eigenvalue weighted by atomic mass is 16.3. The molecule has 1 radical (unpaired) electrons. The van der Waals surface area contributed by atoms with Gasteiger partial charge in [-0.1, -0.05) is 6.92 Å². The van der Waals surface area contributed by atoms with Crippen LogP contribution in [0, 0.1) is 6.92 Å². The predicted molar refractivity (Wildman–Crippen MR) is 30.0 cm³/mol. The van der Waals surface area contributed by atoms with Gasteiger partial charge < -0.3 is 10.4 Å². The van der Waals surface area contributed by atoms with E-state index in [1.54, 1.807) is 0 Å². The van der Waals surface area contributed by atoms with E-state index in [9.17, 15) is 4.79 Å². The van der Waals surface area contributed by atoms with Crippen LogP contribution in [0.2, 0.25) is 0 Å². The second kappa shape index (κ2) is 3.43. The molecular weight excluding hydrogens is 106 g/mol. The molecule has 1 unspecified atom stereocenters. The van der Waals surface area contributed by atoms with Crippen LogP contribution < -0.4 is 5.32 Å². The first-order valence-corrected chi connectivity index (χ1v) is 2.41. The van der Waals surface area contributed by atoms with Gasteiger partial charge in [-0.25, -0.2) is 0 Å². The van der Waals surface area contributed by atoms with E-state index < -0.39 is 6.10 Å². The average Bonchev–Trinajstić information content (AvgIpc) is 1.84. The van der Waals surface area contributed by atoms with Crippen LogP contribution in [-0.2, 0) is 4.79 Å². The van der Waals surface area contributed by atoms with Crippen LogP contribution in [0.3, 0.4) is 0 Å². The number of nitrogens with one attached hydrogen (secondary N) is 1. The lowest BCUT2D eigenvalue weighted by atomic mass is 10.3. The monoisotopic (exact) mass is 116 g/mol.